The number of nitrogens with zero attached hydrogens (tertiary/aromatic N) is 1. The van der Waals surface area contributed by atoms with Crippen LogP contribution in [0.25, 0.3) is 10.9 Å². The van der Waals surface area contributed by atoms with Crippen molar-refractivity contribution < 1.29 is 24.2 Å². The molecule has 9 atom stereocenters. The number of carbonyl (C=O) groups excluding carboxylic acids is 2. The minimum atomic E-state index is -0.238. The van der Waals surface area contributed by atoms with Crippen molar-refractivity contribution in [2.75, 3.05) is 19.0 Å². The summed E-state index contributed by atoms with van der Waals surface area (Å²) in [5.41, 5.74) is 2.23. The second-order valence-electron chi connectivity index (χ2n) is 15.5. The maximum atomic E-state index is 13.0. The van der Waals surface area contributed by atoms with E-state index in [2.05, 4.69) is 36.4 Å². The number of carbonyl (C=O) groups is 2. The van der Waals surface area contributed by atoms with Gasteiger partial charge in [0.1, 0.15) is 11.9 Å². The maximum Gasteiger partial charge on any atom is 0.306 e. The van der Waals surface area contributed by atoms with Crippen molar-refractivity contribution in [1.82, 2.24) is 10.3 Å². The number of benzene rings is 1. The number of methoxy groups -OCH3 is 1. The molecule has 8 nitrogen and oxygen atoms in total. The fourth-order valence-corrected chi connectivity index (χ4v) is 10.3. The Bertz CT molecular complexity index is 1400. The van der Waals surface area contributed by atoms with Crippen LogP contribution in [0.4, 0.5) is 5.69 Å². The third kappa shape index (κ3) is 6.61. The number of aliphatic hydroxyl groups excluding tert-OH is 1. The molecule has 4 aliphatic rings. The summed E-state index contributed by atoms with van der Waals surface area (Å²) < 4.78 is 11.6. The first-order valence-corrected chi connectivity index (χ1v) is 17.9. The monoisotopic (exact) mass is 633 g/mol. The summed E-state index contributed by atoms with van der Waals surface area (Å²) in [5.74, 6) is 3.14. The van der Waals surface area contributed by atoms with Gasteiger partial charge in [0.25, 0.3) is 0 Å². The molecule has 0 saturated heterocycles. The van der Waals surface area contributed by atoms with Gasteiger partial charge in [-0.2, -0.15) is 0 Å². The lowest BCUT2D eigenvalue weighted by Gasteiger charge is -2.60. The van der Waals surface area contributed by atoms with Crippen LogP contribution in [-0.4, -0.2) is 53.9 Å². The zero-order valence-electron chi connectivity index (χ0n) is 28.4. The van der Waals surface area contributed by atoms with Gasteiger partial charge in [-0.3, -0.25) is 14.6 Å². The van der Waals surface area contributed by atoms with Crippen molar-refractivity contribution in [3.63, 3.8) is 0 Å². The van der Waals surface area contributed by atoms with Gasteiger partial charge in [-0.1, -0.05) is 19.9 Å². The van der Waals surface area contributed by atoms with Crippen LogP contribution in [0.5, 0.6) is 5.75 Å². The highest BCUT2D eigenvalue weighted by Gasteiger charge is 2.61. The predicted molar refractivity (Wildman–Crippen MR) is 180 cm³/mol. The Hall–Kier alpha value is -2.87. The Balaban J connectivity index is 0.917. The Labute approximate surface area is 274 Å². The SMILES string of the molecule is COc1cc(NC(C)CCCNC(=O)CCC(=O)O[C@H]2CC[C@H]3[C@@H]4CC[C@@H]5C[C@H](O)CC[C@]5(C)[C@H]4CC[C@]23C)c2ncccc2c1. The molecule has 6 rings (SSSR count). The summed E-state index contributed by atoms with van der Waals surface area (Å²) in [6.07, 6.45) is 13.6. The van der Waals surface area contributed by atoms with Crippen LogP contribution in [0, 0.1) is 34.5 Å². The van der Waals surface area contributed by atoms with E-state index in [1.54, 1.807) is 13.3 Å². The van der Waals surface area contributed by atoms with E-state index in [9.17, 15) is 14.7 Å². The van der Waals surface area contributed by atoms with E-state index < -0.39 is 0 Å². The summed E-state index contributed by atoms with van der Waals surface area (Å²) in [4.78, 5) is 30.1. The van der Waals surface area contributed by atoms with Crippen molar-refractivity contribution in [3.8, 4) is 5.75 Å². The molecule has 8 heteroatoms. The van der Waals surface area contributed by atoms with Crippen molar-refractivity contribution in [2.45, 2.75) is 122 Å². The van der Waals surface area contributed by atoms with Gasteiger partial charge in [0, 0.05) is 42.1 Å². The lowest BCUT2D eigenvalue weighted by Crippen LogP contribution is -2.54. The molecular weight excluding hydrogens is 578 g/mol. The van der Waals surface area contributed by atoms with Crippen LogP contribution in [0.15, 0.2) is 30.5 Å². The van der Waals surface area contributed by atoms with Gasteiger partial charge in [0.05, 0.1) is 30.8 Å². The molecule has 1 heterocycles. The molecule has 1 amide bonds. The van der Waals surface area contributed by atoms with Crippen LogP contribution < -0.4 is 15.4 Å². The van der Waals surface area contributed by atoms with Gasteiger partial charge >= 0.3 is 5.97 Å². The highest BCUT2D eigenvalue weighted by Crippen LogP contribution is 2.66. The number of esters is 1. The molecule has 252 valence electrons. The Morgan fingerprint density at radius 1 is 1.04 bits per heavy atom. The van der Waals surface area contributed by atoms with Crippen LogP contribution >= 0.6 is 0 Å². The first-order valence-electron chi connectivity index (χ1n) is 17.9. The number of anilines is 1. The second-order valence-corrected chi connectivity index (χ2v) is 15.5. The third-order valence-electron chi connectivity index (χ3n) is 12.8. The molecule has 3 N–H and O–H groups in total. The van der Waals surface area contributed by atoms with Crippen molar-refractivity contribution in [2.24, 2.45) is 34.5 Å². The Morgan fingerprint density at radius 2 is 1.85 bits per heavy atom. The van der Waals surface area contributed by atoms with Crippen molar-refractivity contribution >= 4 is 28.5 Å². The summed E-state index contributed by atoms with van der Waals surface area (Å²) in [7, 11) is 1.66. The van der Waals surface area contributed by atoms with Gasteiger partial charge in [-0.15, -0.1) is 0 Å². The number of amides is 1. The summed E-state index contributed by atoms with van der Waals surface area (Å²) >= 11 is 0. The maximum absolute atomic E-state index is 13.0. The van der Waals surface area contributed by atoms with Crippen LogP contribution in [-0.2, 0) is 14.3 Å². The lowest BCUT2D eigenvalue weighted by atomic mass is 9.45. The van der Waals surface area contributed by atoms with E-state index in [-0.39, 0.29) is 48.4 Å². The van der Waals surface area contributed by atoms with Gasteiger partial charge in [0.15, 0.2) is 0 Å². The number of fused-ring (bicyclic) bond motifs is 6. The predicted octanol–water partition coefficient (Wildman–Crippen LogP) is 7.04. The third-order valence-corrected chi connectivity index (χ3v) is 12.8. The Morgan fingerprint density at radius 3 is 2.67 bits per heavy atom. The molecule has 1 aromatic heterocycles. The van der Waals surface area contributed by atoms with Crippen LogP contribution in [0.1, 0.15) is 104 Å². The second kappa shape index (κ2) is 13.7. The molecular formula is C38H55N3O5. The smallest absolute Gasteiger partial charge is 0.306 e. The number of ether oxygens (including phenoxy) is 2. The van der Waals surface area contributed by atoms with Crippen molar-refractivity contribution in [1.29, 1.82) is 0 Å². The zero-order chi connectivity index (χ0) is 32.5. The molecule has 1 aromatic carbocycles. The summed E-state index contributed by atoms with van der Waals surface area (Å²) in [5, 5.41) is 17.9. The molecule has 4 fully saturated rings. The fourth-order valence-electron chi connectivity index (χ4n) is 10.3. The Kier molecular flexibility index (Phi) is 9.84. The highest BCUT2D eigenvalue weighted by atomic mass is 16.5. The van der Waals surface area contributed by atoms with E-state index in [0.29, 0.717) is 29.7 Å². The van der Waals surface area contributed by atoms with E-state index in [0.717, 1.165) is 79.6 Å². The normalized spacial score (nSPS) is 34.1. The molecule has 0 spiro atoms. The van der Waals surface area contributed by atoms with Gasteiger partial charge in [-0.05, 0) is 119 Å². The number of aliphatic hydroxyl groups is 1. The van der Waals surface area contributed by atoms with E-state index in [4.69, 9.17) is 9.47 Å². The minimum absolute atomic E-state index is 0.0361. The number of hydrogen-bond donors (Lipinski definition) is 3. The largest absolute Gasteiger partial charge is 0.497 e. The molecule has 4 saturated carbocycles. The van der Waals surface area contributed by atoms with Gasteiger partial charge in [0.2, 0.25) is 5.91 Å². The van der Waals surface area contributed by atoms with E-state index >= 15 is 0 Å². The lowest BCUT2D eigenvalue weighted by molar-refractivity contribution is -0.165. The van der Waals surface area contributed by atoms with Crippen molar-refractivity contribution in [3.05, 3.63) is 30.5 Å². The zero-order valence-corrected chi connectivity index (χ0v) is 28.4. The summed E-state index contributed by atoms with van der Waals surface area (Å²) in [6, 6.07) is 8.08. The number of aromatic nitrogens is 1. The molecule has 46 heavy (non-hydrogen) atoms. The topological polar surface area (TPSA) is 110 Å². The number of rotatable bonds is 11. The molecule has 1 unspecified atom stereocenters. The molecule has 2 aromatic rings. The number of hydrogen-bond acceptors (Lipinski definition) is 7. The molecule has 0 aliphatic heterocycles. The van der Waals surface area contributed by atoms with E-state index in [1.165, 1.54) is 19.3 Å². The standard InChI is InChI=1S/C38H55N3O5/c1-24(41-32-23-28(45-4)21-25-8-6-20-40-36(25)32)7-5-19-39-34(43)13-14-35(44)46-33-12-11-30-29-10-9-26-22-27(42)15-17-37(26,2)31(29)16-18-38(30,33)3/h6,8,20-21,23-24,26-27,29-31,33,41-42H,5,7,9-19,22H2,1-4H3,(H,39,43)/t24?,26-,27-,29+,30+,31+,33+,37+,38+/m1/s1. The fraction of sp³-hybridized carbons (Fsp3) is 0.711. The average molecular weight is 634 g/mol. The van der Waals surface area contributed by atoms with Gasteiger partial charge in [-0.25, -0.2) is 0 Å². The summed E-state index contributed by atoms with van der Waals surface area (Å²) in [6.45, 7) is 7.58. The van der Waals surface area contributed by atoms with Gasteiger partial charge < -0.3 is 25.2 Å². The average Bonchev–Trinajstić information content (AvgIpc) is 3.38. The van der Waals surface area contributed by atoms with E-state index in [1.807, 2.05) is 24.3 Å². The first-order chi connectivity index (χ1) is 22.1. The quantitative estimate of drug-likeness (QED) is 0.180. The minimum Gasteiger partial charge on any atom is -0.497 e. The highest BCUT2D eigenvalue weighted by molar-refractivity contribution is 5.92. The van der Waals surface area contributed by atoms with Crippen LogP contribution in [0.2, 0.25) is 0 Å². The van der Waals surface area contributed by atoms with Crippen LogP contribution in [0.3, 0.4) is 0 Å². The first kappa shape index (κ1) is 33.0. The number of nitrogens with one attached hydrogen (secondary N) is 2. The molecule has 0 bridgehead atoms. The number of pyridine rings is 1. The molecule has 0 radical (unpaired) electrons. The molecule has 4 aliphatic carbocycles.